The van der Waals surface area contributed by atoms with Crippen LogP contribution in [0.2, 0.25) is 0 Å². The van der Waals surface area contributed by atoms with Crippen molar-refractivity contribution in [2.24, 2.45) is 0 Å². The molecule has 0 amide bonds. The van der Waals surface area contributed by atoms with Gasteiger partial charge in [0.2, 0.25) is 0 Å². The summed E-state index contributed by atoms with van der Waals surface area (Å²) in [4.78, 5) is 37.8. The fourth-order valence-corrected chi connectivity index (χ4v) is 6.05. The van der Waals surface area contributed by atoms with Crippen molar-refractivity contribution in [3.8, 4) is 0 Å². The third-order valence-corrected chi connectivity index (χ3v) is 9.77. The van der Waals surface area contributed by atoms with Gasteiger partial charge in [0, 0.05) is 19.3 Å². The molecule has 0 fully saturated rings. The molecule has 348 valence electrons. The zero-order valence-electron chi connectivity index (χ0n) is 39.6. The lowest BCUT2D eigenvalue weighted by Gasteiger charge is -2.18. The highest BCUT2D eigenvalue weighted by Crippen LogP contribution is 2.11. The summed E-state index contributed by atoms with van der Waals surface area (Å²) in [5.74, 6) is -1.05. The van der Waals surface area contributed by atoms with E-state index in [0.29, 0.717) is 19.3 Å². The highest BCUT2D eigenvalue weighted by atomic mass is 16.6. The highest BCUT2D eigenvalue weighted by Gasteiger charge is 2.19. The first-order valence-electron chi connectivity index (χ1n) is 24.6. The number of esters is 3. The molecule has 0 aromatic carbocycles. The van der Waals surface area contributed by atoms with Gasteiger partial charge in [-0.25, -0.2) is 0 Å². The zero-order chi connectivity index (χ0) is 45.1. The maximum Gasteiger partial charge on any atom is 0.306 e. The van der Waals surface area contributed by atoms with Gasteiger partial charge in [0.05, 0.1) is 0 Å². The fourth-order valence-electron chi connectivity index (χ4n) is 6.05. The van der Waals surface area contributed by atoms with Crippen LogP contribution in [-0.4, -0.2) is 37.2 Å². The molecule has 0 bridgehead atoms. The third kappa shape index (κ3) is 46.9. The number of hydrogen-bond donors (Lipinski definition) is 0. The lowest BCUT2D eigenvalue weighted by Crippen LogP contribution is -2.30. The molecule has 62 heavy (non-hydrogen) atoms. The van der Waals surface area contributed by atoms with Gasteiger partial charge in [-0.2, -0.15) is 0 Å². The summed E-state index contributed by atoms with van der Waals surface area (Å²) in [6.45, 7) is 6.36. The lowest BCUT2D eigenvalue weighted by atomic mass is 10.1. The monoisotopic (exact) mass is 857 g/mol. The van der Waals surface area contributed by atoms with Crippen LogP contribution in [0.4, 0.5) is 0 Å². The summed E-state index contributed by atoms with van der Waals surface area (Å²) < 4.78 is 16.6. The number of allylic oxidation sites excluding steroid dienone is 20. The Morgan fingerprint density at radius 1 is 0.339 bits per heavy atom. The molecule has 0 aromatic heterocycles. The molecule has 0 aromatic rings. The van der Waals surface area contributed by atoms with E-state index in [2.05, 4.69) is 106 Å². The molecule has 1 atom stereocenters. The molecule has 0 aliphatic heterocycles. The second-order valence-electron chi connectivity index (χ2n) is 15.8. The average Bonchev–Trinajstić information content (AvgIpc) is 3.27. The molecule has 0 rings (SSSR count). The quantitative estimate of drug-likeness (QED) is 0.0200. The van der Waals surface area contributed by atoms with Crippen LogP contribution < -0.4 is 0 Å². The second kappa shape index (κ2) is 49.5. The van der Waals surface area contributed by atoms with Crippen molar-refractivity contribution in [3.05, 3.63) is 122 Å². The largest absolute Gasteiger partial charge is 0.462 e. The van der Waals surface area contributed by atoms with Crippen molar-refractivity contribution in [2.45, 2.75) is 200 Å². The van der Waals surface area contributed by atoms with Gasteiger partial charge in [-0.1, -0.05) is 200 Å². The standard InChI is InChI=1S/C56H88O6/c1-4-7-10-13-16-19-21-23-25-27-29-30-32-34-37-40-43-46-49-55(58)61-52-53(51-60-54(57)48-45-42-39-36-18-15-12-9-6-3)62-56(59)50-47-44-41-38-35-33-31-28-26-24-22-20-17-14-11-8-5-2/h10,13,16-17,19-21,23-27,29-31,33,36,38-39,41,53H,4-9,11-12,14-15,18,22,28,32,34-35,37,40,42-52H2,1-3H3/b13-10-,19-16-,20-17-,23-21-,26-24-,27-25-,30-29-,33-31-,39-36-,41-38-. The van der Waals surface area contributed by atoms with Crippen molar-refractivity contribution in [1.82, 2.24) is 0 Å². The Morgan fingerprint density at radius 3 is 1.23 bits per heavy atom. The smallest absolute Gasteiger partial charge is 0.306 e. The average molecular weight is 857 g/mol. The first kappa shape index (κ1) is 57.8. The van der Waals surface area contributed by atoms with E-state index in [0.717, 1.165) is 83.5 Å². The van der Waals surface area contributed by atoms with Crippen molar-refractivity contribution in [2.75, 3.05) is 13.2 Å². The van der Waals surface area contributed by atoms with Gasteiger partial charge in [0.25, 0.3) is 0 Å². The van der Waals surface area contributed by atoms with Crippen molar-refractivity contribution in [1.29, 1.82) is 0 Å². The number of rotatable bonds is 42. The topological polar surface area (TPSA) is 78.9 Å². The van der Waals surface area contributed by atoms with Gasteiger partial charge in [-0.05, 0) is 96.3 Å². The van der Waals surface area contributed by atoms with Crippen molar-refractivity contribution >= 4 is 17.9 Å². The van der Waals surface area contributed by atoms with E-state index in [1.165, 1.54) is 57.8 Å². The van der Waals surface area contributed by atoms with Gasteiger partial charge in [-0.15, -0.1) is 0 Å². The molecule has 0 heterocycles. The predicted octanol–water partition coefficient (Wildman–Crippen LogP) is 16.1. The molecule has 0 aliphatic rings. The maximum absolute atomic E-state index is 12.7. The zero-order valence-corrected chi connectivity index (χ0v) is 39.6. The van der Waals surface area contributed by atoms with Gasteiger partial charge in [0.15, 0.2) is 6.10 Å². The van der Waals surface area contributed by atoms with Crippen LogP contribution in [-0.2, 0) is 28.6 Å². The van der Waals surface area contributed by atoms with E-state index >= 15 is 0 Å². The molecule has 0 aliphatic carbocycles. The molecule has 0 saturated carbocycles. The molecule has 0 radical (unpaired) electrons. The Labute approximate surface area is 380 Å². The van der Waals surface area contributed by atoms with E-state index in [-0.39, 0.29) is 44.0 Å². The fraction of sp³-hybridized carbons (Fsp3) is 0.589. The van der Waals surface area contributed by atoms with E-state index in [1.807, 2.05) is 36.5 Å². The predicted molar refractivity (Wildman–Crippen MR) is 265 cm³/mol. The summed E-state index contributed by atoms with van der Waals surface area (Å²) in [5, 5.41) is 0. The molecule has 6 heteroatoms. The Hall–Kier alpha value is -4.19. The summed E-state index contributed by atoms with van der Waals surface area (Å²) in [7, 11) is 0. The molecule has 1 unspecified atom stereocenters. The lowest BCUT2D eigenvalue weighted by molar-refractivity contribution is -0.167. The Bertz CT molecular complexity index is 1350. The van der Waals surface area contributed by atoms with Gasteiger partial charge < -0.3 is 14.2 Å². The SMILES string of the molecule is CCC\C=C/C=C\C=C/C=C\C=C/CCCCCCCC(=O)OCC(COC(=O)CCC/C=C\CCCCCC)OC(=O)CCC/C=C\C/C=C\C/C=C\C/C=C\CCCCC. The van der Waals surface area contributed by atoms with Crippen LogP contribution in [0, 0.1) is 0 Å². The minimum absolute atomic E-state index is 0.126. The van der Waals surface area contributed by atoms with E-state index in [1.54, 1.807) is 0 Å². The molecule has 6 nitrogen and oxygen atoms in total. The van der Waals surface area contributed by atoms with E-state index in [9.17, 15) is 14.4 Å². The van der Waals surface area contributed by atoms with Gasteiger partial charge in [0.1, 0.15) is 13.2 Å². The molecular formula is C56H88O6. The summed E-state index contributed by atoms with van der Waals surface area (Å²) in [5.41, 5.74) is 0. The molecule has 0 saturated heterocycles. The van der Waals surface area contributed by atoms with E-state index in [4.69, 9.17) is 14.2 Å². The number of carbonyl (C=O) groups excluding carboxylic acids is 3. The molecule has 0 spiro atoms. The van der Waals surface area contributed by atoms with Crippen LogP contribution in [0.25, 0.3) is 0 Å². The van der Waals surface area contributed by atoms with Gasteiger partial charge >= 0.3 is 17.9 Å². The highest BCUT2D eigenvalue weighted by molar-refractivity contribution is 5.71. The first-order valence-corrected chi connectivity index (χ1v) is 24.6. The minimum atomic E-state index is -0.830. The maximum atomic E-state index is 12.7. The Morgan fingerprint density at radius 2 is 0.694 bits per heavy atom. The molecular weight excluding hydrogens is 769 g/mol. The van der Waals surface area contributed by atoms with Crippen LogP contribution >= 0.6 is 0 Å². The normalized spacial score (nSPS) is 13.1. The number of unbranched alkanes of at least 4 members (excludes halogenated alkanes) is 15. The second-order valence-corrected chi connectivity index (χ2v) is 15.8. The van der Waals surface area contributed by atoms with E-state index < -0.39 is 6.10 Å². The van der Waals surface area contributed by atoms with Gasteiger partial charge in [-0.3, -0.25) is 14.4 Å². The van der Waals surface area contributed by atoms with Crippen molar-refractivity contribution in [3.63, 3.8) is 0 Å². The summed E-state index contributed by atoms with van der Waals surface area (Å²) in [6, 6.07) is 0. The third-order valence-electron chi connectivity index (χ3n) is 9.77. The summed E-state index contributed by atoms with van der Waals surface area (Å²) in [6.07, 6.45) is 67.6. The van der Waals surface area contributed by atoms with Crippen LogP contribution in [0.3, 0.4) is 0 Å². The number of ether oxygens (including phenoxy) is 3. The van der Waals surface area contributed by atoms with Crippen LogP contribution in [0.5, 0.6) is 0 Å². The Kier molecular flexibility index (Phi) is 46.1. The van der Waals surface area contributed by atoms with Crippen LogP contribution in [0.15, 0.2) is 122 Å². The van der Waals surface area contributed by atoms with Crippen LogP contribution in [0.1, 0.15) is 194 Å². The molecule has 0 N–H and O–H groups in total. The number of hydrogen-bond acceptors (Lipinski definition) is 6. The summed E-state index contributed by atoms with van der Waals surface area (Å²) >= 11 is 0. The minimum Gasteiger partial charge on any atom is -0.462 e. The number of carbonyl (C=O) groups is 3. The van der Waals surface area contributed by atoms with Crippen molar-refractivity contribution < 1.29 is 28.6 Å². The Balaban J connectivity index is 4.54. The first-order chi connectivity index (χ1) is 30.5.